The summed E-state index contributed by atoms with van der Waals surface area (Å²) in [7, 11) is 0. The molecule has 1 saturated carbocycles. The molecule has 1 aliphatic rings. The van der Waals surface area contributed by atoms with Gasteiger partial charge < -0.3 is 5.32 Å². The Balaban J connectivity index is 1.68. The van der Waals surface area contributed by atoms with E-state index in [0.29, 0.717) is 0 Å². The Hall–Kier alpha value is -0.530. The van der Waals surface area contributed by atoms with Gasteiger partial charge in [-0.15, -0.1) is 0 Å². The summed E-state index contributed by atoms with van der Waals surface area (Å²) in [5.74, 6) is 0.961. The van der Waals surface area contributed by atoms with Gasteiger partial charge >= 0.3 is 0 Å². The molecule has 0 aliphatic heterocycles. The van der Waals surface area contributed by atoms with Gasteiger partial charge in [-0.3, -0.25) is 0 Å². The maximum Gasteiger partial charge on any atom is 0.0406 e. The van der Waals surface area contributed by atoms with Crippen LogP contribution >= 0.6 is 11.6 Å². The van der Waals surface area contributed by atoms with Crippen molar-refractivity contribution >= 4 is 11.6 Å². The van der Waals surface area contributed by atoms with Crippen molar-refractivity contribution in [3.8, 4) is 0 Å². The number of nitrogens with one attached hydrogen (secondary N) is 1. The van der Waals surface area contributed by atoms with Gasteiger partial charge in [0.05, 0.1) is 0 Å². The Morgan fingerprint density at radius 2 is 2.00 bits per heavy atom. The van der Waals surface area contributed by atoms with Gasteiger partial charge in [0.1, 0.15) is 0 Å². The van der Waals surface area contributed by atoms with Crippen LogP contribution < -0.4 is 5.32 Å². The smallest absolute Gasteiger partial charge is 0.0406 e. The molecule has 0 bridgehead atoms. The van der Waals surface area contributed by atoms with E-state index in [1.54, 1.807) is 0 Å². The Morgan fingerprint density at radius 3 is 2.65 bits per heavy atom. The molecular weight excluding hydrogens is 230 g/mol. The third-order valence-electron chi connectivity index (χ3n) is 3.88. The van der Waals surface area contributed by atoms with Crippen LogP contribution in [0.25, 0.3) is 0 Å². The lowest BCUT2D eigenvalue weighted by molar-refractivity contribution is 0.479. The molecule has 2 rings (SSSR count). The highest BCUT2D eigenvalue weighted by molar-refractivity contribution is 6.30. The zero-order chi connectivity index (χ0) is 12.1. The van der Waals surface area contributed by atoms with Gasteiger partial charge in [-0.2, -0.15) is 0 Å². The van der Waals surface area contributed by atoms with E-state index in [-0.39, 0.29) is 0 Å². The van der Waals surface area contributed by atoms with Crippen LogP contribution in [0.1, 0.15) is 38.2 Å². The molecule has 1 fully saturated rings. The average Bonchev–Trinajstić information content (AvgIpc) is 2.80. The summed E-state index contributed by atoms with van der Waals surface area (Å²) < 4.78 is 0. The third-order valence-corrected chi connectivity index (χ3v) is 4.13. The molecule has 2 unspecified atom stereocenters. The summed E-state index contributed by atoms with van der Waals surface area (Å²) >= 11 is 5.87. The van der Waals surface area contributed by atoms with Gasteiger partial charge in [0.2, 0.25) is 0 Å². The fourth-order valence-electron chi connectivity index (χ4n) is 2.70. The summed E-state index contributed by atoms with van der Waals surface area (Å²) in [6.07, 6.45) is 6.59. The highest BCUT2D eigenvalue weighted by atomic mass is 35.5. The first-order chi connectivity index (χ1) is 8.28. The van der Waals surface area contributed by atoms with Crippen LogP contribution in [0.15, 0.2) is 24.3 Å². The molecule has 2 heteroatoms. The first-order valence-electron chi connectivity index (χ1n) is 6.75. The summed E-state index contributed by atoms with van der Waals surface area (Å²) in [6, 6.07) is 8.94. The molecule has 17 heavy (non-hydrogen) atoms. The van der Waals surface area contributed by atoms with Crippen molar-refractivity contribution in [2.45, 2.75) is 45.1 Å². The number of halogens is 1. The number of hydrogen-bond donors (Lipinski definition) is 1. The van der Waals surface area contributed by atoms with Gasteiger partial charge in [-0.05, 0) is 55.8 Å². The SMILES string of the molecule is CCC1CCC(NCCc2ccc(Cl)cc2)C1. The lowest BCUT2D eigenvalue weighted by Crippen LogP contribution is -2.28. The van der Waals surface area contributed by atoms with Crippen molar-refractivity contribution in [1.29, 1.82) is 0 Å². The van der Waals surface area contributed by atoms with Gasteiger partial charge in [-0.25, -0.2) is 0 Å². The number of benzene rings is 1. The number of rotatable bonds is 5. The van der Waals surface area contributed by atoms with Crippen molar-refractivity contribution in [1.82, 2.24) is 5.32 Å². The minimum atomic E-state index is 0.757. The van der Waals surface area contributed by atoms with Gasteiger partial charge in [0.15, 0.2) is 0 Å². The molecule has 0 spiro atoms. The first kappa shape index (κ1) is 12.9. The Kier molecular flexibility index (Phi) is 4.87. The molecule has 1 aliphatic carbocycles. The fourth-order valence-corrected chi connectivity index (χ4v) is 2.83. The average molecular weight is 252 g/mol. The van der Waals surface area contributed by atoms with Crippen LogP contribution in [0.5, 0.6) is 0 Å². The summed E-state index contributed by atoms with van der Waals surface area (Å²) in [5.41, 5.74) is 1.37. The van der Waals surface area contributed by atoms with E-state index in [4.69, 9.17) is 11.6 Å². The van der Waals surface area contributed by atoms with Crippen molar-refractivity contribution < 1.29 is 0 Å². The minimum Gasteiger partial charge on any atom is -0.314 e. The molecule has 1 N–H and O–H groups in total. The zero-order valence-electron chi connectivity index (χ0n) is 10.6. The Labute approximate surface area is 110 Å². The highest BCUT2D eigenvalue weighted by Gasteiger charge is 2.22. The minimum absolute atomic E-state index is 0.757. The molecule has 0 saturated heterocycles. The van der Waals surface area contributed by atoms with E-state index >= 15 is 0 Å². The topological polar surface area (TPSA) is 12.0 Å². The Bertz CT molecular complexity index is 333. The summed E-state index contributed by atoms with van der Waals surface area (Å²) in [5, 5.41) is 4.50. The lowest BCUT2D eigenvalue weighted by atomic mass is 10.1. The molecular formula is C15H22ClN. The van der Waals surface area contributed by atoms with Crippen molar-refractivity contribution in [3.63, 3.8) is 0 Å². The third kappa shape index (κ3) is 4.01. The second-order valence-corrected chi connectivity index (χ2v) is 5.55. The highest BCUT2D eigenvalue weighted by Crippen LogP contribution is 2.27. The van der Waals surface area contributed by atoms with Crippen LogP contribution in [-0.2, 0) is 6.42 Å². The van der Waals surface area contributed by atoms with Crippen molar-refractivity contribution in [2.75, 3.05) is 6.54 Å². The molecule has 0 radical (unpaired) electrons. The Morgan fingerprint density at radius 1 is 1.24 bits per heavy atom. The lowest BCUT2D eigenvalue weighted by Gasteiger charge is -2.12. The summed E-state index contributed by atoms with van der Waals surface area (Å²) in [6.45, 7) is 3.39. The van der Waals surface area contributed by atoms with Crippen molar-refractivity contribution in [3.05, 3.63) is 34.9 Å². The molecule has 1 aromatic carbocycles. The first-order valence-corrected chi connectivity index (χ1v) is 7.13. The van der Waals surface area contributed by atoms with E-state index in [0.717, 1.165) is 29.9 Å². The van der Waals surface area contributed by atoms with E-state index in [1.165, 1.54) is 31.2 Å². The quantitative estimate of drug-likeness (QED) is 0.833. The molecule has 0 amide bonds. The largest absolute Gasteiger partial charge is 0.314 e. The van der Waals surface area contributed by atoms with Crippen LogP contribution in [0, 0.1) is 5.92 Å². The normalized spacial score (nSPS) is 24.1. The van der Waals surface area contributed by atoms with Gasteiger partial charge in [-0.1, -0.05) is 37.1 Å². The fraction of sp³-hybridized carbons (Fsp3) is 0.600. The molecule has 2 atom stereocenters. The predicted octanol–water partition coefficient (Wildman–Crippen LogP) is 4.05. The zero-order valence-corrected chi connectivity index (χ0v) is 11.3. The second kappa shape index (κ2) is 6.42. The standard InChI is InChI=1S/C15H22ClN/c1-2-12-5-8-15(11-12)17-10-9-13-3-6-14(16)7-4-13/h3-4,6-7,12,15,17H,2,5,8-11H2,1H3. The molecule has 0 heterocycles. The van der Waals surface area contributed by atoms with Crippen LogP contribution in [0.2, 0.25) is 5.02 Å². The van der Waals surface area contributed by atoms with Gasteiger partial charge in [0.25, 0.3) is 0 Å². The monoisotopic (exact) mass is 251 g/mol. The van der Waals surface area contributed by atoms with Crippen LogP contribution in [0.3, 0.4) is 0 Å². The van der Waals surface area contributed by atoms with Gasteiger partial charge in [0, 0.05) is 11.1 Å². The molecule has 1 aromatic rings. The second-order valence-electron chi connectivity index (χ2n) is 5.11. The number of hydrogen-bond acceptors (Lipinski definition) is 1. The maximum absolute atomic E-state index is 5.87. The molecule has 1 nitrogen and oxygen atoms in total. The van der Waals surface area contributed by atoms with E-state index in [1.807, 2.05) is 12.1 Å². The molecule has 94 valence electrons. The molecule has 0 aromatic heterocycles. The maximum atomic E-state index is 5.87. The van der Waals surface area contributed by atoms with E-state index in [2.05, 4.69) is 24.4 Å². The van der Waals surface area contributed by atoms with Crippen LogP contribution in [-0.4, -0.2) is 12.6 Å². The van der Waals surface area contributed by atoms with E-state index < -0.39 is 0 Å². The van der Waals surface area contributed by atoms with E-state index in [9.17, 15) is 0 Å². The summed E-state index contributed by atoms with van der Waals surface area (Å²) in [4.78, 5) is 0. The predicted molar refractivity (Wildman–Crippen MR) is 74.6 cm³/mol. The van der Waals surface area contributed by atoms with Crippen LogP contribution in [0.4, 0.5) is 0 Å². The van der Waals surface area contributed by atoms with Crippen molar-refractivity contribution in [2.24, 2.45) is 5.92 Å².